The van der Waals surface area contributed by atoms with Crippen LogP contribution in [0.15, 0.2) is 42.0 Å². The van der Waals surface area contributed by atoms with Crippen LogP contribution >= 0.6 is 0 Å². The molecule has 2 aliphatic heterocycles. The van der Waals surface area contributed by atoms with Crippen LogP contribution < -0.4 is 0 Å². The fourth-order valence-corrected chi connectivity index (χ4v) is 10.5. The van der Waals surface area contributed by atoms with Gasteiger partial charge in [0.15, 0.2) is 5.79 Å². The quantitative estimate of drug-likeness (QED) is 0.299. The van der Waals surface area contributed by atoms with E-state index in [-0.39, 0.29) is 23.3 Å². The zero-order valence-corrected chi connectivity index (χ0v) is 23.8. The Morgan fingerprint density at radius 2 is 1.82 bits per heavy atom. The number of ether oxygens (including phenoxy) is 3. The van der Waals surface area contributed by atoms with Crippen LogP contribution in [0.4, 0.5) is 0 Å². The number of esters is 1. The van der Waals surface area contributed by atoms with E-state index in [0.717, 1.165) is 50.0 Å². The highest BCUT2D eigenvalue weighted by molar-refractivity contribution is 5.89. The Balaban J connectivity index is 1.08. The maximum Gasteiger partial charge on any atom is 0.338 e. The van der Waals surface area contributed by atoms with E-state index < -0.39 is 0 Å². The van der Waals surface area contributed by atoms with Gasteiger partial charge in [0.25, 0.3) is 0 Å². The summed E-state index contributed by atoms with van der Waals surface area (Å²) in [7, 11) is 0. The highest BCUT2D eigenvalue weighted by atomic mass is 16.7. The van der Waals surface area contributed by atoms with Crippen molar-refractivity contribution in [3.05, 3.63) is 47.5 Å². The van der Waals surface area contributed by atoms with Gasteiger partial charge >= 0.3 is 5.97 Å². The average Bonchev–Trinajstić information content (AvgIpc) is 3.36. The third-order valence-electron chi connectivity index (χ3n) is 12.6. The predicted octanol–water partition coefficient (Wildman–Crippen LogP) is 7.58. The lowest BCUT2D eigenvalue weighted by Gasteiger charge is -2.58. The zero-order chi connectivity index (χ0) is 26.3. The van der Waals surface area contributed by atoms with Gasteiger partial charge in [0.05, 0.1) is 18.3 Å². The van der Waals surface area contributed by atoms with Crippen molar-refractivity contribution < 1.29 is 19.0 Å². The molecule has 0 N–H and O–H groups in total. The molecule has 4 nitrogen and oxygen atoms in total. The molecule has 3 saturated carbocycles. The van der Waals surface area contributed by atoms with Gasteiger partial charge in [-0.2, -0.15) is 0 Å². The molecule has 38 heavy (non-hydrogen) atoms. The van der Waals surface area contributed by atoms with Crippen LogP contribution in [-0.2, 0) is 14.2 Å². The molecule has 11 atom stereocenters. The number of rotatable bonds is 2. The molecule has 4 aliphatic carbocycles. The van der Waals surface area contributed by atoms with E-state index in [9.17, 15) is 4.79 Å². The molecule has 0 amide bonds. The van der Waals surface area contributed by atoms with E-state index >= 15 is 0 Å². The Labute approximate surface area is 228 Å². The molecule has 4 heteroatoms. The van der Waals surface area contributed by atoms with E-state index in [1.807, 2.05) is 30.3 Å². The molecule has 206 valence electrons. The van der Waals surface area contributed by atoms with Crippen LogP contribution in [0.5, 0.6) is 0 Å². The van der Waals surface area contributed by atoms with Crippen molar-refractivity contribution in [3.8, 4) is 0 Å². The summed E-state index contributed by atoms with van der Waals surface area (Å²) in [5.41, 5.74) is 2.81. The van der Waals surface area contributed by atoms with Crippen molar-refractivity contribution in [2.45, 2.75) is 103 Å². The molecule has 1 aromatic carbocycles. The summed E-state index contributed by atoms with van der Waals surface area (Å²) >= 11 is 0. The van der Waals surface area contributed by atoms with Crippen molar-refractivity contribution in [1.29, 1.82) is 0 Å². The highest BCUT2D eigenvalue weighted by Crippen LogP contribution is 2.70. The Hall–Kier alpha value is -1.65. The molecule has 6 aliphatic rings. The fourth-order valence-electron chi connectivity index (χ4n) is 10.5. The van der Waals surface area contributed by atoms with Gasteiger partial charge in [0.1, 0.15) is 6.10 Å². The van der Waals surface area contributed by atoms with Crippen molar-refractivity contribution in [3.63, 3.8) is 0 Å². The van der Waals surface area contributed by atoms with E-state index in [2.05, 4.69) is 33.8 Å². The molecule has 0 aromatic heterocycles. The molecule has 7 rings (SSSR count). The smallest absolute Gasteiger partial charge is 0.338 e. The van der Waals surface area contributed by atoms with Gasteiger partial charge in [0.2, 0.25) is 0 Å². The first kappa shape index (κ1) is 25.3. The van der Waals surface area contributed by atoms with E-state index in [4.69, 9.17) is 14.2 Å². The number of allylic oxidation sites excluding steroid dienone is 1. The number of hydrogen-bond donors (Lipinski definition) is 0. The van der Waals surface area contributed by atoms with Gasteiger partial charge in [-0.3, -0.25) is 0 Å². The second-order valence-corrected chi connectivity index (χ2v) is 14.4. The van der Waals surface area contributed by atoms with Crippen LogP contribution in [0.1, 0.15) is 95.8 Å². The van der Waals surface area contributed by atoms with Crippen LogP contribution in [0.2, 0.25) is 0 Å². The van der Waals surface area contributed by atoms with E-state index in [0.29, 0.717) is 34.8 Å². The average molecular weight is 519 g/mol. The van der Waals surface area contributed by atoms with Crippen LogP contribution in [0, 0.1) is 46.3 Å². The van der Waals surface area contributed by atoms with Gasteiger partial charge < -0.3 is 14.2 Å². The second kappa shape index (κ2) is 8.93. The summed E-state index contributed by atoms with van der Waals surface area (Å²) in [6.45, 7) is 10.7. The minimum Gasteiger partial charge on any atom is -0.458 e. The normalized spacial score (nSPS) is 49.4. The topological polar surface area (TPSA) is 44.8 Å². The minimum absolute atomic E-state index is 0.00178. The lowest BCUT2D eigenvalue weighted by atomic mass is 9.47. The molecular weight excluding hydrogens is 472 g/mol. The zero-order valence-electron chi connectivity index (χ0n) is 23.8. The van der Waals surface area contributed by atoms with Crippen molar-refractivity contribution in [2.75, 3.05) is 6.61 Å². The molecule has 2 unspecified atom stereocenters. The first-order valence-electron chi connectivity index (χ1n) is 15.5. The molecular formula is C34H46O4. The lowest BCUT2D eigenvalue weighted by molar-refractivity contribution is -0.272. The van der Waals surface area contributed by atoms with Crippen molar-refractivity contribution >= 4 is 5.97 Å². The van der Waals surface area contributed by atoms with Crippen LogP contribution in [0.25, 0.3) is 0 Å². The SMILES string of the molecule is CC1CC[C@@]2(OC1)O[C@H]1C[C@H]3[C@@H]4CC=C5CC(OC(=O)c6ccccc6)CC[C@]5(C)[C@H]4CC[C@]3(C)[C@H]1[C@@H]2C. The van der Waals surface area contributed by atoms with E-state index in [1.54, 1.807) is 5.57 Å². The van der Waals surface area contributed by atoms with Crippen molar-refractivity contribution in [1.82, 2.24) is 0 Å². The second-order valence-electron chi connectivity index (χ2n) is 14.4. The first-order valence-corrected chi connectivity index (χ1v) is 15.5. The maximum atomic E-state index is 12.7. The molecule has 2 heterocycles. The Morgan fingerprint density at radius 3 is 2.58 bits per heavy atom. The summed E-state index contributed by atoms with van der Waals surface area (Å²) in [4.78, 5) is 12.7. The first-order chi connectivity index (χ1) is 18.2. The number of benzene rings is 1. The van der Waals surface area contributed by atoms with Crippen LogP contribution in [-0.4, -0.2) is 30.6 Å². The number of carbonyl (C=O) groups is 1. The molecule has 0 radical (unpaired) electrons. The Morgan fingerprint density at radius 1 is 1.00 bits per heavy atom. The molecule has 2 saturated heterocycles. The van der Waals surface area contributed by atoms with Crippen molar-refractivity contribution in [2.24, 2.45) is 46.3 Å². The van der Waals surface area contributed by atoms with Crippen LogP contribution in [0.3, 0.4) is 0 Å². The summed E-state index contributed by atoms with van der Waals surface area (Å²) < 4.78 is 19.5. The van der Waals surface area contributed by atoms with Gasteiger partial charge in [-0.15, -0.1) is 0 Å². The third kappa shape index (κ3) is 3.65. The van der Waals surface area contributed by atoms with Gasteiger partial charge in [-0.05, 0) is 97.5 Å². The van der Waals surface area contributed by atoms with Gasteiger partial charge in [-0.1, -0.05) is 57.5 Å². The largest absolute Gasteiger partial charge is 0.458 e. The predicted molar refractivity (Wildman–Crippen MR) is 147 cm³/mol. The third-order valence-corrected chi connectivity index (χ3v) is 12.6. The maximum absolute atomic E-state index is 12.7. The number of fused-ring (bicyclic) bond motifs is 7. The number of carbonyl (C=O) groups excluding carboxylic acids is 1. The monoisotopic (exact) mass is 518 g/mol. The van der Waals surface area contributed by atoms with E-state index in [1.165, 1.54) is 32.1 Å². The summed E-state index contributed by atoms with van der Waals surface area (Å²) in [6.07, 6.45) is 13.3. The summed E-state index contributed by atoms with van der Waals surface area (Å²) in [5, 5.41) is 0. The Bertz CT molecular complexity index is 1100. The van der Waals surface area contributed by atoms with Gasteiger partial charge in [-0.25, -0.2) is 4.79 Å². The standard InChI is InChI=1S/C34H46O4/c1-21-12-17-34(36-20-21)22(2)30-29(38-34)19-28-26-11-10-24-18-25(37-31(35)23-8-6-5-7-9-23)13-15-32(24,3)27(26)14-16-33(28,30)4/h5-10,21-22,25-30H,11-20H2,1-4H3/t21?,22-,25?,26+,27-,28-,29-,30-,32-,33-,34+/m0/s1. The molecule has 5 fully saturated rings. The Kier molecular flexibility index (Phi) is 5.95. The lowest BCUT2D eigenvalue weighted by Crippen LogP contribution is -2.52. The summed E-state index contributed by atoms with van der Waals surface area (Å²) in [6, 6.07) is 9.45. The minimum atomic E-state index is -0.326. The number of hydrogen-bond acceptors (Lipinski definition) is 4. The fraction of sp³-hybridized carbons (Fsp3) is 0.735. The summed E-state index contributed by atoms with van der Waals surface area (Å²) in [5.74, 6) is 3.46. The highest BCUT2D eigenvalue weighted by Gasteiger charge is 2.68. The molecule has 0 bridgehead atoms. The molecule has 1 spiro atoms. The van der Waals surface area contributed by atoms with Gasteiger partial charge in [0, 0.05) is 18.8 Å². The molecule has 1 aromatic rings.